The number of rotatable bonds is 3. The molecule has 3 heterocycles. The van der Waals surface area contributed by atoms with Crippen LogP contribution in [0.4, 0.5) is 0 Å². The average Bonchev–Trinajstić information content (AvgIpc) is 3.19. The maximum atomic E-state index is 6.12. The summed E-state index contributed by atoms with van der Waals surface area (Å²) in [5.41, 5.74) is 1.76. The SMILES string of the molecule is CC1(C)OB(c2cccc(-c3nnc(-c4cccnc4)o3)c2)OC1(C)C. The fourth-order valence-electron chi connectivity index (χ4n) is 2.74. The standard InChI is InChI=1S/C19H20BN3O3/c1-18(2)19(3,4)26-20(25-18)15-9-5-7-13(11-15)16-22-23-17(24-16)14-8-6-10-21-12-14/h5-12H,1-4H3. The molecule has 26 heavy (non-hydrogen) atoms. The van der Waals surface area contributed by atoms with E-state index < -0.39 is 7.12 Å². The first kappa shape index (κ1) is 16.9. The summed E-state index contributed by atoms with van der Waals surface area (Å²) >= 11 is 0. The van der Waals surface area contributed by atoms with Crippen molar-refractivity contribution < 1.29 is 13.7 Å². The monoisotopic (exact) mass is 349 g/mol. The fraction of sp³-hybridized carbons (Fsp3) is 0.316. The van der Waals surface area contributed by atoms with Gasteiger partial charge in [-0.25, -0.2) is 0 Å². The van der Waals surface area contributed by atoms with Gasteiger partial charge in [-0.15, -0.1) is 10.2 Å². The molecule has 0 radical (unpaired) electrons. The van der Waals surface area contributed by atoms with E-state index in [0.29, 0.717) is 11.8 Å². The lowest BCUT2D eigenvalue weighted by molar-refractivity contribution is 0.00578. The number of pyridine rings is 1. The van der Waals surface area contributed by atoms with Crippen LogP contribution < -0.4 is 5.46 Å². The number of benzene rings is 1. The second-order valence-electron chi connectivity index (χ2n) is 7.37. The Bertz CT molecular complexity index is 909. The second kappa shape index (κ2) is 6.04. The van der Waals surface area contributed by atoms with Gasteiger partial charge in [0.25, 0.3) is 0 Å². The van der Waals surface area contributed by atoms with E-state index in [2.05, 4.69) is 15.2 Å². The minimum Gasteiger partial charge on any atom is -0.416 e. The van der Waals surface area contributed by atoms with Crippen LogP contribution in [0.2, 0.25) is 0 Å². The Hall–Kier alpha value is -2.51. The van der Waals surface area contributed by atoms with Gasteiger partial charge < -0.3 is 13.7 Å². The van der Waals surface area contributed by atoms with E-state index >= 15 is 0 Å². The quantitative estimate of drug-likeness (QED) is 0.677. The lowest BCUT2D eigenvalue weighted by Crippen LogP contribution is -2.41. The van der Waals surface area contributed by atoms with Gasteiger partial charge in [-0.05, 0) is 57.4 Å². The van der Waals surface area contributed by atoms with Crippen LogP contribution in [0.3, 0.4) is 0 Å². The normalized spacial score (nSPS) is 18.2. The highest BCUT2D eigenvalue weighted by atomic mass is 16.7. The van der Waals surface area contributed by atoms with Crippen LogP contribution in [-0.4, -0.2) is 33.5 Å². The molecule has 1 saturated heterocycles. The zero-order chi connectivity index (χ0) is 18.4. The largest absolute Gasteiger partial charge is 0.494 e. The lowest BCUT2D eigenvalue weighted by atomic mass is 9.78. The molecule has 0 spiro atoms. The van der Waals surface area contributed by atoms with Crippen LogP contribution in [0.1, 0.15) is 27.7 Å². The fourth-order valence-corrected chi connectivity index (χ4v) is 2.74. The minimum absolute atomic E-state index is 0.383. The molecule has 1 fully saturated rings. The average molecular weight is 349 g/mol. The highest BCUT2D eigenvalue weighted by Crippen LogP contribution is 2.36. The molecule has 0 amide bonds. The summed E-state index contributed by atoms with van der Waals surface area (Å²) in [6.07, 6.45) is 3.40. The summed E-state index contributed by atoms with van der Waals surface area (Å²) in [5, 5.41) is 8.28. The van der Waals surface area contributed by atoms with Crippen molar-refractivity contribution in [2.24, 2.45) is 0 Å². The molecule has 0 saturated carbocycles. The van der Waals surface area contributed by atoms with Crippen molar-refractivity contribution in [3.63, 3.8) is 0 Å². The lowest BCUT2D eigenvalue weighted by Gasteiger charge is -2.32. The number of hydrogen-bond acceptors (Lipinski definition) is 6. The molecule has 0 atom stereocenters. The van der Waals surface area contributed by atoms with E-state index in [0.717, 1.165) is 16.6 Å². The summed E-state index contributed by atoms with van der Waals surface area (Å²) in [7, 11) is -0.430. The summed E-state index contributed by atoms with van der Waals surface area (Å²) < 4.78 is 18.0. The third kappa shape index (κ3) is 2.93. The van der Waals surface area contributed by atoms with Gasteiger partial charge in [-0.1, -0.05) is 12.1 Å². The Morgan fingerprint density at radius 1 is 0.846 bits per heavy atom. The number of nitrogens with zero attached hydrogens (tertiary/aromatic N) is 3. The smallest absolute Gasteiger partial charge is 0.416 e. The molecule has 0 N–H and O–H groups in total. The van der Waals surface area contributed by atoms with Gasteiger partial charge in [0.1, 0.15) is 0 Å². The van der Waals surface area contributed by atoms with Gasteiger partial charge in [0.05, 0.1) is 16.8 Å². The Kier molecular flexibility index (Phi) is 3.93. The van der Waals surface area contributed by atoms with Crippen LogP contribution >= 0.6 is 0 Å². The van der Waals surface area contributed by atoms with Gasteiger partial charge in [0.15, 0.2) is 0 Å². The molecule has 0 unspecified atom stereocenters. The maximum absolute atomic E-state index is 6.12. The third-order valence-corrected chi connectivity index (χ3v) is 4.99. The summed E-state index contributed by atoms with van der Waals surface area (Å²) in [5.74, 6) is 0.886. The van der Waals surface area contributed by atoms with E-state index in [1.54, 1.807) is 12.4 Å². The first-order valence-corrected chi connectivity index (χ1v) is 8.56. The number of aromatic nitrogens is 3. The second-order valence-corrected chi connectivity index (χ2v) is 7.37. The van der Waals surface area contributed by atoms with Gasteiger partial charge in [0.2, 0.25) is 11.8 Å². The third-order valence-electron chi connectivity index (χ3n) is 4.99. The van der Waals surface area contributed by atoms with Gasteiger partial charge in [-0.2, -0.15) is 0 Å². The Balaban J connectivity index is 1.62. The van der Waals surface area contributed by atoms with Crippen LogP contribution in [0.15, 0.2) is 53.2 Å². The van der Waals surface area contributed by atoms with Crippen molar-refractivity contribution in [1.29, 1.82) is 0 Å². The molecule has 7 heteroatoms. The maximum Gasteiger partial charge on any atom is 0.494 e. The van der Waals surface area contributed by atoms with E-state index in [9.17, 15) is 0 Å². The molecule has 4 rings (SSSR count). The molecular weight excluding hydrogens is 329 g/mol. The zero-order valence-corrected chi connectivity index (χ0v) is 15.3. The van der Waals surface area contributed by atoms with Gasteiger partial charge in [-0.3, -0.25) is 4.98 Å². The Morgan fingerprint density at radius 3 is 2.15 bits per heavy atom. The van der Waals surface area contributed by atoms with Gasteiger partial charge >= 0.3 is 7.12 Å². The van der Waals surface area contributed by atoms with Crippen molar-refractivity contribution in [3.05, 3.63) is 48.8 Å². The van der Waals surface area contributed by atoms with Crippen molar-refractivity contribution >= 4 is 12.6 Å². The van der Waals surface area contributed by atoms with E-state index in [-0.39, 0.29) is 11.2 Å². The molecular formula is C19H20BN3O3. The van der Waals surface area contributed by atoms with Crippen molar-refractivity contribution in [3.8, 4) is 22.9 Å². The summed E-state index contributed by atoms with van der Waals surface area (Å²) in [6, 6.07) is 11.5. The highest BCUT2D eigenvalue weighted by Gasteiger charge is 2.51. The first-order chi connectivity index (χ1) is 12.4. The van der Waals surface area contributed by atoms with Gasteiger partial charge in [0, 0.05) is 18.0 Å². The van der Waals surface area contributed by atoms with Crippen molar-refractivity contribution in [2.75, 3.05) is 0 Å². The Morgan fingerprint density at radius 2 is 1.50 bits per heavy atom. The van der Waals surface area contributed by atoms with Crippen molar-refractivity contribution in [2.45, 2.75) is 38.9 Å². The molecule has 6 nitrogen and oxygen atoms in total. The van der Waals surface area contributed by atoms with E-state index in [1.165, 1.54) is 0 Å². The van der Waals surface area contributed by atoms with Crippen molar-refractivity contribution in [1.82, 2.24) is 15.2 Å². The molecule has 0 aliphatic carbocycles. The van der Waals surface area contributed by atoms with Crippen LogP contribution in [0.5, 0.6) is 0 Å². The molecule has 3 aromatic rings. The topological polar surface area (TPSA) is 70.3 Å². The van der Waals surface area contributed by atoms with Crippen LogP contribution in [0.25, 0.3) is 22.9 Å². The number of hydrogen-bond donors (Lipinski definition) is 0. The predicted octanol–water partition coefficient (Wildman–Crippen LogP) is 3.10. The van der Waals surface area contributed by atoms with Crippen LogP contribution in [0, 0.1) is 0 Å². The van der Waals surface area contributed by atoms with E-state index in [4.69, 9.17) is 13.7 Å². The molecule has 1 aliphatic rings. The highest BCUT2D eigenvalue weighted by molar-refractivity contribution is 6.62. The zero-order valence-electron chi connectivity index (χ0n) is 15.3. The molecule has 132 valence electrons. The summed E-state index contributed by atoms with van der Waals surface area (Å²) in [6.45, 7) is 8.15. The molecule has 1 aliphatic heterocycles. The predicted molar refractivity (Wildman–Crippen MR) is 98.7 cm³/mol. The molecule has 1 aromatic carbocycles. The van der Waals surface area contributed by atoms with Crippen LogP contribution in [-0.2, 0) is 9.31 Å². The minimum atomic E-state index is -0.430. The Labute approximate surface area is 152 Å². The first-order valence-electron chi connectivity index (χ1n) is 8.56. The molecule has 2 aromatic heterocycles. The molecule has 0 bridgehead atoms. The summed E-state index contributed by atoms with van der Waals surface area (Å²) in [4.78, 5) is 4.08. The van der Waals surface area contributed by atoms with E-state index in [1.807, 2.05) is 64.1 Å².